The van der Waals surface area contributed by atoms with Crippen LogP contribution in [0, 0.1) is 0 Å². The quantitative estimate of drug-likeness (QED) is 0.592. The standard InChI is InChI=1S/C23H21N3O4S/c1-3-29-20-6-4-5-16-11-17(12-30-21(16)20)22(28)26-23-25-19(13-31-23)15-7-9-18(10-8-15)24-14(2)27/h4-11,13H,3,12H2,1-2H3,(H,24,27)(H,25,26,28). The number of anilines is 2. The van der Waals surface area contributed by atoms with E-state index >= 15 is 0 Å². The fourth-order valence-corrected chi connectivity index (χ4v) is 3.86. The molecule has 0 radical (unpaired) electrons. The summed E-state index contributed by atoms with van der Waals surface area (Å²) in [6.07, 6.45) is 1.81. The third-order valence-electron chi connectivity index (χ3n) is 4.53. The van der Waals surface area contributed by atoms with Gasteiger partial charge in [0.15, 0.2) is 16.6 Å². The fourth-order valence-electron chi connectivity index (χ4n) is 3.15. The molecule has 8 heteroatoms. The van der Waals surface area contributed by atoms with Gasteiger partial charge in [-0.3, -0.25) is 14.9 Å². The third-order valence-corrected chi connectivity index (χ3v) is 5.29. The van der Waals surface area contributed by atoms with Crippen LogP contribution in [0.5, 0.6) is 11.5 Å². The Morgan fingerprint density at radius 2 is 1.97 bits per heavy atom. The van der Waals surface area contributed by atoms with Gasteiger partial charge in [0.2, 0.25) is 5.91 Å². The van der Waals surface area contributed by atoms with Crippen molar-refractivity contribution in [2.24, 2.45) is 0 Å². The molecule has 4 rings (SSSR count). The number of aromatic nitrogens is 1. The van der Waals surface area contributed by atoms with Crippen molar-refractivity contribution in [2.45, 2.75) is 13.8 Å². The number of fused-ring (bicyclic) bond motifs is 1. The highest BCUT2D eigenvalue weighted by Crippen LogP contribution is 2.36. The van der Waals surface area contributed by atoms with Gasteiger partial charge in [-0.05, 0) is 31.2 Å². The second-order valence-electron chi connectivity index (χ2n) is 6.82. The van der Waals surface area contributed by atoms with Crippen LogP contribution in [0.4, 0.5) is 10.8 Å². The Morgan fingerprint density at radius 1 is 1.16 bits per heavy atom. The van der Waals surface area contributed by atoms with Gasteiger partial charge < -0.3 is 14.8 Å². The Kier molecular flexibility index (Phi) is 5.99. The van der Waals surface area contributed by atoms with Gasteiger partial charge in [-0.15, -0.1) is 11.3 Å². The van der Waals surface area contributed by atoms with E-state index in [1.54, 1.807) is 0 Å². The van der Waals surface area contributed by atoms with Gasteiger partial charge in [-0.25, -0.2) is 4.98 Å². The molecule has 0 saturated heterocycles. The minimum Gasteiger partial charge on any atom is -0.490 e. The number of hydrogen-bond acceptors (Lipinski definition) is 6. The van der Waals surface area contributed by atoms with Crippen LogP contribution in [0.15, 0.2) is 53.4 Å². The minimum absolute atomic E-state index is 0.121. The van der Waals surface area contributed by atoms with Crippen molar-refractivity contribution >= 4 is 40.0 Å². The molecule has 0 aliphatic carbocycles. The fraction of sp³-hybridized carbons (Fsp3) is 0.174. The number of rotatable bonds is 6. The Balaban J connectivity index is 1.46. The molecule has 3 aromatic rings. The molecule has 2 N–H and O–H groups in total. The molecule has 7 nitrogen and oxygen atoms in total. The summed E-state index contributed by atoms with van der Waals surface area (Å²) in [6.45, 7) is 4.08. The average molecular weight is 436 g/mol. The lowest BCUT2D eigenvalue weighted by Gasteiger charge is -2.19. The van der Waals surface area contributed by atoms with E-state index in [1.807, 2.05) is 60.8 Å². The summed E-state index contributed by atoms with van der Waals surface area (Å²) in [7, 11) is 0. The smallest absolute Gasteiger partial charge is 0.256 e. The molecule has 2 heterocycles. The van der Waals surface area contributed by atoms with Gasteiger partial charge in [-0.2, -0.15) is 0 Å². The number of nitrogens with one attached hydrogen (secondary N) is 2. The highest BCUT2D eigenvalue weighted by atomic mass is 32.1. The van der Waals surface area contributed by atoms with Crippen LogP contribution in [0.2, 0.25) is 0 Å². The summed E-state index contributed by atoms with van der Waals surface area (Å²) in [6, 6.07) is 13.0. The third kappa shape index (κ3) is 4.75. The molecule has 2 aromatic carbocycles. The molecule has 0 unspecified atom stereocenters. The van der Waals surface area contributed by atoms with Crippen LogP contribution in [-0.4, -0.2) is 30.0 Å². The summed E-state index contributed by atoms with van der Waals surface area (Å²) < 4.78 is 11.4. The van der Waals surface area contributed by atoms with E-state index in [4.69, 9.17) is 9.47 Å². The Bertz CT molecular complexity index is 1150. The van der Waals surface area contributed by atoms with Gasteiger partial charge in [0.25, 0.3) is 5.91 Å². The molecule has 1 aliphatic heterocycles. The molecule has 0 spiro atoms. The highest BCUT2D eigenvalue weighted by molar-refractivity contribution is 7.14. The van der Waals surface area contributed by atoms with Crippen molar-refractivity contribution in [3.05, 3.63) is 59.0 Å². The average Bonchev–Trinajstić information content (AvgIpc) is 3.22. The van der Waals surface area contributed by atoms with E-state index in [1.165, 1.54) is 18.3 Å². The molecule has 158 valence electrons. The van der Waals surface area contributed by atoms with Crippen LogP contribution in [0.25, 0.3) is 17.3 Å². The number of carbonyl (C=O) groups excluding carboxylic acids is 2. The maximum Gasteiger partial charge on any atom is 0.256 e. The van der Waals surface area contributed by atoms with Crippen molar-refractivity contribution in [1.29, 1.82) is 0 Å². The monoisotopic (exact) mass is 435 g/mol. The Labute approximate surface area is 183 Å². The second-order valence-corrected chi connectivity index (χ2v) is 7.67. The molecular weight excluding hydrogens is 414 g/mol. The first-order valence-corrected chi connectivity index (χ1v) is 10.7. The number of hydrogen-bond donors (Lipinski definition) is 2. The highest BCUT2D eigenvalue weighted by Gasteiger charge is 2.21. The topological polar surface area (TPSA) is 89.6 Å². The maximum absolute atomic E-state index is 12.7. The molecule has 0 bridgehead atoms. The number of thiazole rings is 1. The van der Waals surface area contributed by atoms with Crippen molar-refractivity contribution in [2.75, 3.05) is 23.8 Å². The van der Waals surface area contributed by atoms with Crippen LogP contribution in [0.1, 0.15) is 19.4 Å². The summed E-state index contributed by atoms with van der Waals surface area (Å²) in [5.41, 5.74) is 3.68. The number of para-hydroxylation sites is 1. The summed E-state index contributed by atoms with van der Waals surface area (Å²) in [5, 5.41) is 7.94. The number of carbonyl (C=O) groups is 2. The second kappa shape index (κ2) is 9.01. The van der Waals surface area contributed by atoms with E-state index in [-0.39, 0.29) is 18.4 Å². The zero-order chi connectivity index (χ0) is 21.8. The van der Waals surface area contributed by atoms with Crippen LogP contribution >= 0.6 is 11.3 Å². The van der Waals surface area contributed by atoms with Crippen LogP contribution < -0.4 is 20.1 Å². The van der Waals surface area contributed by atoms with Crippen LogP contribution in [0.3, 0.4) is 0 Å². The summed E-state index contributed by atoms with van der Waals surface area (Å²) in [4.78, 5) is 28.4. The Hall–Kier alpha value is -3.65. The number of ether oxygens (including phenoxy) is 2. The normalized spacial score (nSPS) is 12.3. The number of nitrogens with zero attached hydrogens (tertiary/aromatic N) is 1. The van der Waals surface area contributed by atoms with Crippen molar-refractivity contribution in [3.8, 4) is 22.8 Å². The van der Waals surface area contributed by atoms with E-state index in [9.17, 15) is 9.59 Å². The molecule has 0 atom stereocenters. The van der Waals surface area contributed by atoms with Gasteiger partial charge in [0.05, 0.1) is 17.9 Å². The lowest BCUT2D eigenvalue weighted by atomic mass is 10.1. The molecule has 1 aromatic heterocycles. The lowest BCUT2D eigenvalue weighted by molar-refractivity contribution is -0.114. The largest absolute Gasteiger partial charge is 0.490 e. The van der Waals surface area contributed by atoms with E-state index in [2.05, 4.69) is 15.6 Å². The Morgan fingerprint density at radius 3 is 2.71 bits per heavy atom. The molecule has 1 aliphatic rings. The predicted octanol–water partition coefficient (Wildman–Crippen LogP) is 4.58. The van der Waals surface area contributed by atoms with E-state index < -0.39 is 0 Å². The predicted molar refractivity (Wildman–Crippen MR) is 122 cm³/mol. The van der Waals surface area contributed by atoms with Gasteiger partial charge >= 0.3 is 0 Å². The molecular formula is C23H21N3O4S. The van der Waals surface area contributed by atoms with Crippen molar-refractivity contribution in [1.82, 2.24) is 4.98 Å². The number of amides is 2. The first-order chi connectivity index (χ1) is 15.0. The van der Waals surface area contributed by atoms with Gasteiger partial charge in [0, 0.05) is 29.1 Å². The zero-order valence-electron chi connectivity index (χ0n) is 17.1. The van der Waals surface area contributed by atoms with Crippen molar-refractivity contribution < 1.29 is 19.1 Å². The maximum atomic E-state index is 12.7. The molecule has 2 amide bonds. The van der Waals surface area contributed by atoms with Gasteiger partial charge in [0.1, 0.15) is 6.61 Å². The number of benzene rings is 2. The SMILES string of the molecule is CCOc1cccc2c1OCC(C(=O)Nc1nc(-c3ccc(NC(C)=O)cc3)cs1)=C2. The summed E-state index contributed by atoms with van der Waals surface area (Å²) in [5.74, 6) is 0.948. The molecule has 0 saturated carbocycles. The van der Waals surface area contributed by atoms with E-state index in [0.29, 0.717) is 28.8 Å². The first kappa shape index (κ1) is 20.6. The minimum atomic E-state index is -0.255. The van der Waals surface area contributed by atoms with Crippen molar-refractivity contribution in [3.63, 3.8) is 0 Å². The summed E-state index contributed by atoms with van der Waals surface area (Å²) >= 11 is 1.35. The molecule has 31 heavy (non-hydrogen) atoms. The zero-order valence-corrected chi connectivity index (χ0v) is 17.9. The van der Waals surface area contributed by atoms with E-state index in [0.717, 1.165) is 22.5 Å². The van der Waals surface area contributed by atoms with Gasteiger partial charge in [-0.1, -0.05) is 24.3 Å². The molecule has 0 fully saturated rings. The lowest BCUT2D eigenvalue weighted by Crippen LogP contribution is -2.21. The first-order valence-electron chi connectivity index (χ1n) is 9.77. The van der Waals surface area contributed by atoms with Crippen LogP contribution in [-0.2, 0) is 9.59 Å².